The van der Waals surface area contributed by atoms with Gasteiger partial charge in [-0.3, -0.25) is 4.68 Å². The topological polar surface area (TPSA) is 109 Å². The lowest BCUT2D eigenvalue weighted by molar-refractivity contribution is 0.356. The Balaban J connectivity index is 1.45. The molecule has 0 atom stereocenters. The molecule has 2 heterocycles. The first kappa shape index (κ1) is 26.3. The van der Waals surface area contributed by atoms with E-state index >= 15 is 0 Å². The van der Waals surface area contributed by atoms with Crippen LogP contribution >= 0.6 is 0 Å². The van der Waals surface area contributed by atoms with Crippen molar-refractivity contribution in [3.05, 3.63) is 78.9 Å². The van der Waals surface area contributed by atoms with E-state index in [9.17, 15) is 17.9 Å². The minimum atomic E-state index is -3.70. The molecule has 0 amide bonds. The van der Waals surface area contributed by atoms with Gasteiger partial charge in [0, 0.05) is 36.6 Å². The summed E-state index contributed by atoms with van der Waals surface area (Å²) >= 11 is 0. The highest BCUT2D eigenvalue weighted by molar-refractivity contribution is 7.89. The molecule has 194 valence electrons. The highest BCUT2D eigenvalue weighted by Gasteiger charge is 2.20. The van der Waals surface area contributed by atoms with Crippen molar-refractivity contribution in [3.8, 4) is 28.1 Å². The summed E-state index contributed by atoms with van der Waals surface area (Å²) in [4.78, 5) is 4.41. The number of hydrogen-bond acceptors (Lipinski definition) is 6. The Bertz CT molecular complexity index is 1480. The zero-order valence-electron chi connectivity index (χ0n) is 20.9. The van der Waals surface area contributed by atoms with E-state index in [1.54, 1.807) is 24.4 Å². The van der Waals surface area contributed by atoms with Gasteiger partial charge < -0.3 is 10.4 Å². The van der Waals surface area contributed by atoms with Gasteiger partial charge >= 0.3 is 0 Å². The van der Waals surface area contributed by atoms with Crippen LogP contribution in [0.5, 0.6) is 5.75 Å². The third-order valence-electron chi connectivity index (χ3n) is 5.67. The number of phenols is 1. The highest BCUT2D eigenvalue weighted by atomic mass is 32.2. The van der Waals surface area contributed by atoms with E-state index in [2.05, 4.69) is 35.8 Å². The number of halogens is 1. The normalized spacial score (nSPS) is 12.0. The molecule has 10 heteroatoms. The van der Waals surface area contributed by atoms with Crippen LogP contribution in [0.15, 0.2) is 78.0 Å². The molecule has 0 fully saturated rings. The Hall–Kier alpha value is -3.76. The first-order valence-corrected chi connectivity index (χ1v) is 13.4. The fourth-order valence-corrected chi connectivity index (χ4v) is 4.77. The van der Waals surface area contributed by atoms with Gasteiger partial charge in [-0.2, -0.15) is 5.10 Å². The van der Waals surface area contributed by atoms with Crippen molar-refractivity contribution in [2.45, 2.75) is 37.6 Å². The summed E-state index contributed by atoms with van der Waals surface area (Å²) in [6.07, 6.45) is 4.21. The van der Waals surface area contributed by atoms with Gasteiger partial charge in [0.2, 0.25) is 10.0 Å². The average Bonchev–Trinajstić information content (AvgIpc) is 3.31. The number of anilines is 1. The number of hydrogen-bond donors (Lipinski definition) is 3. The number of benzene rings is 2. The number of nitrogens with zero attached hydrogens (tertiary/aromatic N) is 3. The number of aromatic hydroxyl groups is 1. The molecular formula is C27H30FN5O3S. The Labute approximate surface area is 216 Å². The van der Waals surface area contributed by atoms with Crippen molar-refractivity contribution in [2.24, 2.45) is 0 Å². The summed E-state index contributed by atoms with van der Waals surface area (Å²) in [5, 5.41) is 18.0. The number of aromatic nitrogens is 3. The Kier molecular flexibility index (Phi) is 7.60. The molecule has 0 aliphatic carbocycles. The predicted octanol–water partition coefficient (Wildman–Crippen LogP) is 4.99. The van der Waals surface area contributed by atoms with Crippen molar-refractivity contribution < 1.29 is 17.9 Å². The van der Waals surface area contributed by atoms with E-state index in [0.29, 0.717) is 18.8 Å². The van der Waals surface area contributed by atoms with Gasteiger partial charge in [0.1, 0.15) is 23.1 Å². The van der Waals surface area contributed by atoms with Crippen LogP contribution in [0.25, 0.3) is 22.4 Å². The average molecular weight is 524 g/mol. The van der Waals surface area contributed by atoms with Crippen LogP contribution in [0.1, 0.15) is 27.2 Å². The van der Waals surface area contributed by atoms with Crippen LogP contribution in [0.3, 0.4) is 0 Å². The molecule has 0 saturated heterocycles. The molecule has 0 aliphatic heterocycles. The van der Waals surface area contributed by atoms with Crippen LogP contribution in [-0.2, 0) is 15.6 Å². The van der Waals surface area contributed by atoms with Gasteiger partial charge in [-0.15, -0.1) is 0 Å². The molecule has 0 radical (unpaired) electrons. The zero-order valence-corrected chi connectivity index (χ0v) is 21.8. The van der Waals surface area contributed by atoms with Gasteiger partial charge in [0.25, 0.3) is 0 Å². The molecule has 0 spiro atoms. The van der Waals surface area contributed by atoms with E-state index in [1.165, 1.54) is 12.1 Å². The van der Waals surface area contributed by atoms with Crippen molar-refractivity contribution in [1.29, 1.82) is 0 Å². The largest absolute Gasteiger partial charge is 0.508 e. The standard InChI is InChI=1S/C27H30FN5O3S/c1-27(2,3)33-18-24(26(32-33)20-6-4-7-22(34)16-20)19-12-15-30-25(17-19)29-13-5-14-31-37(35,36)23-10-8-21(28)9-11-23/h4,6-12,15-18,31,34H,5,13-14H2,1-3H3,(H,29,30). The predicted molar refractivity (Wildman–Crippen MR) is 142 cm³/mol. The lowest BCUT2D eigenvalue weighted by Gasteiger charge is -2.18. The minimum Gasteiger partial charge on any atom is -0.508 e. The van der Waals surface area contributed by atoms with Crippen molar-refractivity contribution in [1.82, 2.24) is 19.5 Å². The van der Waals surface area contributed by atoms with Crippen LogP contribution in [0.4, 0.5) is 10.2 Å². The Morgan fingerprint density at radius 2 is 1.76 bits per heavy atom. The second-order valence-corrected chi connectivity index (χ2v) is 11.4. The lowest BCUT2D eigenvalue weighted by Crippen LogP contribution is -2.26. The van der Waals surface area contributed by atoms with E-state index in [-0.39, 0.29) is 22.7 Å². The second-order valence-electron chi connectivity index (χ2n) is 9.62. The van der Waals surface area contributed by atoms with Crippen molar-refractivity contribution in [3.63, 3.8) is 0 Å². The molecular weight excluding hydrogens is 493 g/mol. The van der Waals surface area contributed by atoms with Gasteiger partial charge in [-0.25, -0.2) is 22.5 Å². The smallest absolute Gasteiger partial charge is 0.240 e. The SMILES string of the molecule is CC(C)(C)n1cc(-c2ccnc(NCCCNS(=O)(=O)c3ccc(F)cc3)c2)c(-c2cccc(O)c2)n1. The Morgan fingerprint density at radius 1 is 1.00 bits per heavy atom. The summed E-state index contributed by atoms with van der Waals surface area (Å²) < 4.78 is 42.1. The number of rotatable bonds is 9. The van der Waals surface area contributed by atoms with Crippen LogP contribution in [0, 0.1) is 5.82 Å². The third kappa shape index (κ3) is 6.52. The number of phenolic OH excluding ortho intramolecular Hbond substituents is 1. The summed E-state index contributed by atoms with van der Waals surface area (Å²) in [6, 6.07) is 15.5. The number of nitrogens with one attached hydrogen (secondary N) is 2. The molecule has 0 bridgehead atoms. The van der Waals surface area contributed by atoms with Crippen molar-refractivity contribution in [2.75, 3.05) is 18.4 Å². The zero-order chi connectivity index (χ0) is 26.6. The van der Waals surface area contributed by atoms with E-state index < -0.39 is 15.8 Å². The van der Waals surface area contributed by atoms with Gasteiger partial charge in [0.05, 0.1) is 10.4 Å². The maximum atomic E-state index is 13.1. The first-order valence-electron chi connectivity index (χ1n) is 11.9. The quantitative estimate of drug-likeness (QED) is 0.267. The molecule has 8 nitrogen and oxygen atoms in total. The van der Waals surface area contributed by atoms with Crippen LogP contribution in [-0.4, -0.2) is 41.4 Å². The van der Waals surface area contributed by atoms with Gasteiger partial charge in [0.15, 0.2) is 0 Å². The van der Waals surface area contributed by atoms with Gasteiger partial charge in [-0.1, -0.05) is 12.1 Å². The summed E-state index contributed by atoms with van der Waals surface area (Å²) in [7, 11) is -3.70. The monoisotopic (exact) mass is 523 g/mol. The van der Waals surface area contributed by atoms with Crippen LogP contribution < -0.4 is 10.0 Å². The summed E-state index contributed by atoms with van der Waals surface area (Å²) in [6.45, 7) is 6.91. The molecule has 2 aromatic carbocycles. The molecule has 3 N–H and O–H groups in total. The van der Waals surface area contributed by atoms with Crippen LogP contribution in [0.2, 0.25) is 0 Å². The molecule has 37 heavy (non-hydrogen) atoms. The molecule has 0 unspecified atom stereocenters. The molecule has 4 rings (SSSR count). The third-order valence-corrected chi connectivity index (χ3v) is 7.14. The fourth-order valence-electron chi connectivity index (χ4n) is 3.70. The molecule has 4 aromatic rings. The lowest BCUT2D eigenvalue weighted by atomic mass is 10.0. The van der Waals surface area contributed by atoms with E-state index in [0.717, 1.165) is 34.5 Å². The minimum absolute atomic E-state index is 0.0227. The fraction of sp³-hybridized carbons (Fsp3) is 0.259. The maximum Gasteiger partial charge on any atom is 0.240 e. The highest BCUT2D eigenvalue weighted by Crippen LogP contribution is 2.34. The molecule has 2 aromatic heterocycles. The maximum absolute atomic E-state index is 13.1. The Morgan fingerprint density at radius 3 is 2.46 bits per heavy atom. The van der Waals surface area contributed by atoms with E-state index in [4.69, 9.17) is 5.10 Å². The first-order chi connectivity index (χ1) is 17.5. The number of sulfonamides is 1. The molecule has 0 saturated carbocycles. The van der Waals surface area contributed by atoms with E-state index in [1.807, 2.05) is 29.1 Å². The van der Waals surface area contributed by atoms with Gasteiger partial charge in [-0.05, 0) is 81.3 Å². The number of pyridine rings is 1. The summed E-state index contributed by atoms with van der Waals surface area (Å²) in [5.74, 6) is 0.322. The molecule has 0 aliphatic rings. The van der Waals surface area contributed by atoms with Crippen molar-refractivity contribution >= 4 is 15.8 Å². The summed E-state index contributed by atoms with van der Waals surface area (Å²) in [5.41, 5.74) is 3.12. The second kappa shape index (κ2) is 10.7.